The molecule has 2 unspecified atom stereocenters. The van der Waals surface area contributed by atoms with Crippen molar-refractivity contribution in [3.63, 3.8) is 0 Å². The zero-order valence-electron chi connectivity index (χ0n) is 6.29. The molecule has 0 aromatic heterocycles. The summed E-state index contributed by atoms with van der Waals surface area (Å²) in [5, 5.41) is 20.0. The fourth-order valence-electron chi connectivity index (χ4n) is 1.30. The van der Waals surface area contributed by atoms with Gasteiger partial charge in [0.05, 0.1) is 6.10 Å². The predicted octanol–water partition coefficient (Wildman–Crippen LogP) is 0.220. The summed E-state index contributed by atoms with van der Waals surface area (Å²) >= 11 is 0. The number of rotatable bonds is 2. The standard InChI is InChI=1S/C7H14NO2/c1-6(9)7(10)8-4-2-3-5-8/h6-7,9H,2-5H2,1H3. The third-order valence-electron chi connectivity index (χ3n) is 1.91. The molecule has 59 valence electrons. The molecule has 1 heterocycles. The van der Waals surface area contributed by atoms with E-state index in [4.69, 9.17) is 5.11 Å². The number of hydrogen-bond acceptors (Lipinski definition) is 2. The van der Waals surface area contributed by atoms with Crippen molar-refractivity contribution in [1.82, 2.24) is 4.90 Å². The van der Waals surface area contributed by atoms with Crippen LogP contribution in [-0.2, 0) is 5.11 Å². The van der Waals surface area contributed by atoms with Crippen LogP contribution in [0, 0.1) is 0 Å². The van der Waals surface area contributed by atoms with E-state index in [0.717, 1.165) is 25.9 Å². The summed E-state index contributed by atoms with van der Waals surface area (Å²) in [6.07, 6.45) is 0.567. The van der Waals surface area contributed by atoms with Crippen LogP contribution in [0.4, 0.5) is 0 Å². The maximum atomic E-state index is 11.1. The van der Waals surface area contributed by atoms with Crippen LogP contribution in [0.1, 0.15) is 19.8 Å². The summed E-state index contributed by atoms with van der Waals surface area (Å²) in [5.74, 6) is 0. The fraction of sp³-hybridized carbons (Fsp3) is 1.00. The van der Waals surface area contributed by atoms with Gasteiger partial charge >= 0.3 is 0 Å². The zero-order chi connectivity index (χ0) is 7.56. The molecule has 1 radical (unpaired) electrons. The number of aliphatic hydroxyl groups is 1. The van der Waals surface area contributed by atoms with Crippen LogP contribution in [0.2, 0.25) is 0 Å². The summed E-state index contributed by atoms with van der Waals surface area (Å²) < 4.78 is 0. The largest absolute Gasteiger partial charge is 0.389 e. The zero-order valence-corrected chi connectivity index (χ0v) is 6.29. The molecule has 1 N–H and O–H groups in total. The minimum Gasteiger partial charge on any atom is -0.389 e. The summed E-state index contributed by atoms with van der Waals surface area (Å²) in [7, 11) is 0. The Balaban J connectivity index is 2.32. The van der Waals surface area contributed by atoms with Crippen LogP contribution in [0.5, 0.6) is 0 Å². The molecule has 0 aromatic rings. The van der Waals surface area contributed by atoms with Gasteiger partial charge in [-0.25, -0.2) is 5.11 Å². The molecule has 0 aromatic carbocycles. The van der Waals surface area contributed by atoms with Gasteiger partial charge in [0, 0.05) is 13.1 Å². The number of hydrogen-bond donors (Lipinski definition) is 1. The smallest absolute Gasteiger partial charge is 0.172 e. The summed E-state index contributed by atoms with van der Waals surface area (Å²) in [4.78, 5) is 1.80. The molecule has 1 fully saturated rings. The Kier molecular flexibility index (Phi) is 2.65. The molecule has 1 saturated heterocycles. The van der Waals surface area contributed by atoms with Crippen molar-refractivity contribution in [2.75, 3.05) is 13.1 Å². The Morgan fingerprint density at radius 2 is 1.90 bits per heavy atom. The second-order valence-electron chi connectivity index (χ2n) is 2.87. The van der Waals surface area contributed by atoms with E-state index in [-0.39, 0.29) is 0 Å². The highest BCUT2D eigenvalue weighted by Crippen LogP contribution is 2.12. The van der Waals surface area contributed by atoms with E-state index in [9.17, 15) is 5.11 Å². The van der Waals surface area contributed by atoms with Crippen LogP contribution in [0.3, 0.4) is 0 Å². The monoisotopic (exact) mass is 144 g/mol. The first kappa shape index (κ1) is 7.98. The second kappa shape index (κ2) is 3.32. The van der Waals surface area contributed by atoms with Crippen molar-refractivity contribution in [2.24, 2.45) is 0 Å². The highest BCUT2D eigenvalue weighted by Gasteiger charge is 2.24. The van der Waals surface area contributed by atoms with E-state index in [1.54, 1.807) is 11.8 Å². The van der Waals surface area contributed by atoms with Gasteiger partial charge < -0.3 is 5.11 Å². The van der Waals surface area contributed by atoms with E-state index in [2.05, 4.69) is 0 Å². The van der Waals surface area contributed by atoms with Crippen LogP contribution >= 0.6 is 0 Å². The maximum Gasteiger partial charge on any atom is 0.172 e. The highest BCUT2D eigenvalue weighted by atomic mass is 16.3. The Morgan fingerprint density at radius 3 is 2.30 bits per heavy atom. The van der Waals surface area contributed by atoms with Crippen molar-refractivity contribution in [3.8, 4) is 0 Å². The van der Waals surface area contributed by atoms with Gasteiger partial charge in [0.15, 0.2) is 6.23 Å². The molecule has 1 rings (SSSR count). The molecule has 3 nitrogen and oxygen atoms in total. The third-order valence-corrected chi connectivity index (χ3v) is 1.91. The molecule has 0 spiro atoms. The topological polar surface area (TPSA) is 43.4 Å². The van der Waals surface area contributed by atoms with Crippen molar-refractivity contribution in [2.45, 2.75) is 32.1 Å². The summed E-state index contributed by atoms with van der Waals surface area (Å²) in [6, 6.07) is 0. The normalized spacial score (nSPS) is 26.7. The third kappa shape index (κ3) is 1.68. The molecule has 10 heavy (non-hydrogen) atoms. The average Bonchev–Trinajstić information content (AvgIpc) is 2.36. The molecule has 0 bridgehead atoms. The maximum absolute atomic E-state index is 11.1. The van der Waals surface area contributed by atoms with Gasteiger partial charge in [-0.05, 0) is 19.8 Å². The van der Waals surface area contributed by atoms with Gasteiger partial charge in [-0.15, -0.1) is 0 Å². The SMILES string of the molecule is CC(O)C([O])N1CCCC1. The van der Waals surface area contributed by atoms with Gasteiger partial charge in [0.25, 0.3) is 0 Å². The molecule has 0 aliphatic carbocycles. The lowest BCUT2D eigenvalue weighted by molar-refractivity contribution is -0.106. The first-order valence-electron chi connectivity index (χ1n) is 3.80. The van der Waals surface area contributed by atoms with E-state index in [1.807, 2.05) is 0 Å². The molecule has 2 atom stereocenters. The molecular formula is C7H14NO2. The van der Waals surface area contributed by atoms with Gasteiger partial charge in [-0.2, -0.15) is 0 Å². The minimum atomic E-state index is -0.900. The minimum absolute atomic E-state index is 0.738. The lowest BCUT2D eigenvalue weighted by atomic mass is 10.3. The van der Waals surface area contributed by atoms with Crippen LogP contribution in [0.25, 0.3) is 0 Å². The highest BCUT2D eigenvalue weighted by molar-refractivity contribution is 4.71. The quantitative estimate of drug-likeness (QED) is 0.602. The second-order valence-corrected chi connectivity index (χ2v) is 2.87. The van der Waals surface area contributed by atoms with E-state index in [1.165, 1.54) is 0 Å². The molecule has 1 aliphatic heterocycles. The molecule has 0 amide bonds. The Morgan fingerprint density at radius 1 is 1.40 bits per heavy atom. The molecule has 0 saturated carbocycles. The predicted molar refractivity (Wildman–Crippen MR) is 37.0 cm³/mol. The van der Waals surface area contributed by atoms with Gasteiger partial charge in [-0.3, -0.25) is 4.90 Å². The van der Waals surface area contributed by atoms with Crippen molar-refractivity contribution in [3.05, 3.63) is 0 Å². The van der Waals surface area contributed by atoms with E-state index < -0.39 is 12.3 Å². The number of nitrogens with zero attached hydrogens (tertiary/aromatic N) is 1. The Hall–Kier alpha value is -0.120. The van der Waals surface area contributed by atoms with Crippen molar-refractivity contribution in [1.29, 1.82) is 0 Å². The van der Waals surface area contributed by atoms with Crippen LogP contribution in [0.15, 0.2) is 0 Å². The van der Waals surface area contributed by atoms with Gasteiger partial charge in [0.2, 0.25) is 0 Å². The number of aliphatic hydroxyl groups excluding tert-OH is 1. The van der Waals surface area contributed by atoms with Gasteiger partial charge in [0.1, 0.15) is 0 Å². The van der Waals surface area contributed by atoms with E-state index in [0.29, 0.717) is 0 Å². The van der Waals surface area contributed by atoms with Crippen molar-refractivity contribution >= 4 is 0 Å². The van der Waals surface area contributed by atoms with Crippen LogP contribution < -0.4 is 0 Å². The Labute approximate surface area is 61.3 Å². The first-order chi connectivity index (χ1) is 4.72. The fourth-order valence-corrected chi connectivity index (χ4v) is 1.30. The van der Waals surface area contributed by atoms with Crippen LogP contribution in [-0.4, -0.2) is 35.4 Å². The van der Waals surface area contributed by atoms with Gasteiger partial charge in [-0.1, -0.05) is 0 Å². The lowest BCUT2D eigenvalue weighted by Crippen LogP contribution is -2.39. The molecular weight excluding hydrogens is 130 g/mol. The molecule has 3 heteroatoms. The van der Waals surface area contributed by atoms with Crippen molar-refractivity contribution < 1.29 is 10.2 Å². The Bertz CT molecular complexity index is 99.8. The molecule has 1 aliphatic rings. The average molecular weight is 144 g/mol. The first-order valence-corrected chi connectivity index (χ1v) is 3.80. The number of likely N-dealkylation sites (tertiary alicyclic amines) is 1. The lowest BCUT2D eigenvalue weighted by Gasteiger charge is -2.21. The summed E-state index contributed by atoms with van der Waals surface area (Å²) in [6.45, 7) is 3.27. The summed E-state index contributed by atoms with van der Waals surface area (Å²) in [5.41, 5.74) is 0. The van der Waals surface area contributed by atoms with E-state index >= 15 is 0 Å².